The molecule has 0 unspecified atom stereocenters. The zero-order valence-electron chi connectivity index (χ0n) is 26.5. The van der Waals surface area contributed by atoms with Crippen molar-refractivity contribution < 1.29 is 0 Å². The summed E-state index contributed by atoms with van der Waals surface area (Å²) in [5.74, 6) is 0. The van der Waals surface area contributed by atoms with Crippen molar-refractivity contribution in [1.29, 1.82) is 0 Å². The lowest BCUT2D eigenvalue weighted by Crippen LogP contribution is -2.10. The predicted octanol–water partition coefficient (Wildman–Crippen LogP) is 13.1. The molecule has 0 aliphatic rings. The summed E-state index contributed by atoms with van der Waals surface area (Å²) in [6.07, 6.45) is 0. The lowest BCUT2D eigenvalue weighted by molar-refractivity contribution is 1.28. The Morgan fingerprint density at radius 2 is 0.521 bits per heavy atom. The SMILES string of the molecule is c1ccc(-c2cccc(N(c3ccccc3)c3ccc4cc(N(c5ccccc5)c5cccc(-c6ccccc6)c5)ccc4c3)c2)cc1. The molecular formula is C46H34N2. The first-order chi connectivity index (χ1) is 23.8. The van der Waals surface area contributed by atoms with Gasteiger partial charge in [0.2, 0.25) is 0 Å². The first kappa shape index (κ1) is 29.1. The molecule has 2 nitrogen and oxygen atoms in total. The van der Waals surface area contributed by atoms with E-state index in [9.17, 15) is 0 Å². The second-order valence-electron chi connectivity index (χ2n) is 11.9. The topological polar surface area (TPSA) is 6.48 Å². The van der Waals surface area contributed by atoms with E-state index in [0.717, 1.165) is 34.1 Å². The summed E-state index contributed by atoms with van der Waals surface area (Å²) in [4.78, 5) is 4.68. The van der Waals surface area contributed by atoms with Crippen LogP contribution in [-0.4, -0.2) is 0 Å². The van der Waals surface area contributed by atoms with Crippen LogP contribution in [0.15, 0.2) is 206 Å². The van der Waals surface area contributed by atoms with Gasteiger partial charge in [-0.25, -0.2) is 0 Å². The van der Waals surface area contributed by atoms with Crippen LogP contribution in [0.25, 0.3) is 33.0 Å². The van der Waals surface area contributed by atoms with E-state index in [4.69, 9.17) is 0 Å². The van der Waals surface area contributed by atoms with Crippen LogP contribution in [0.4, 0.5) is 34.1 Å². The minimum absolute atomic E-state index is 1.11. The number of anilines is 6. The molecule has 48 heavy (non-hydrogen) atoms. The molecule has 0 bridgehead atoms. The lowest BCUT2D eigenvalue weighted by atomic mass is 10.0. The molecule has 8 aromatic rings. The molecule has 0 aliphatic heterocycles. The quantitative estimate of drug-likeness (QED) is 0.168. The molecule has 0 amide bonds. The summed E-state index contributed by atoms with van der Waals surface area (Å²) in [7, 11) is 0. The van der Waals surface area contributed by atoms with Gasteiger partial charge in [-0.1, -0.05) is 133 Å². The minimum Gasteiger partial charge on any atom is -0.310 e. The van der Waals surface area contributed by atoms with E-state index >= 15 is 0 Å². The van der Waals surface area contributed by atoms with Gasteiger partial charge in [0.25, 0.3) is 0 Å². The fourth-order valence-corrected chi connectivity index (χ4v) is 6.46. The largest absolute Gasteiger partial charge is 0.310 e. The molecule has 0 aliphatic carbocycles. The Labute approximate surface area is 282 Å². The molecule has 0 saturated carbocycles. The molecule has 8 rings (SSSR count). The van der Waals surface area contributed by atoms with Crippen LogP contribution in [0.1, 0.15) is 0 Å². The zero-order chi connectivity index (χ0) is 32.1. The summed E-state index contributed by atoms with van der Waals surface area (Å²) in [5.41, 5.74) is 11.5. The van der Waals surface area contributed by atoms with Crippen molar-refractivity contribution in [3.63, 3.8) is 0 Å². The molecule has 8 aromatic carbocycles. The molecule has 0 radical (unpaired) electrons. The van der Waals surface area contributed by atoms with E-state index < -0.39 is 0 Å². The van der Waals surface area contributed by atoms with Gasteiger partial charge in [0.05, 0.1) is 0 Å². The second kappa shape index (κ2) is 13.2. The van der Waals surface area contributed by atoms with Crippen LogP contribution in [0.3, 0.4) is 0 Å². The van der Waals surface area contributed by atoms with E-state index in [2.05, 4.69) is 216 Å². The van der Waals surface area contributed by atoms with Gasteiger partial charge in [0.15, 0.2) is 0 Å². The van der Waals surface area contributed by atoms with E-state index in [1.165, 1.54) is 33.0 Å². The van der Waals surface area contributed by atoms with E-state index in [1.807, 2.05) is 0 Å². The molecule has 0 saturated heterocycles. The van der Waals surface area contributed by atoms with Crippen molar-refractivity contribution >= 4 is 44.9 Å². The molecular weight excluding hydrogens is 581 g/mol. The van der Waals surface area contributed by atoms with Crippen LogP contribution in [-0.2, 0) is 0 Å². The summed E-state index contributed by atoms with van der Waals surface area (Å²) in [5, 5.41) is 2.37. The second-order valence-corrected chi connectivity index (χ2v) is 11.9. The molecule has 0 aromatic heterocycles. The van der Waals surface area contributed by atoms with Crippen LogP contribution in [0.5, 0.6) is 0 Å². The van der Waals surface area contributed by atoms with Gasteiger partial charge in [-0.3, -0.25) is 0 Å². The Bertz CT molecular complexity index is 2120. The highest BCUT2D eigenvalue weighted by Crippen LogP contribution is 2.40. The Morgan fingerprint density at radius 3 is 0.917 bits per heavy atom. The highest BCUT2D eigenvalue weighted by molar-refractivity contribution is 5.93. The molecule has 2 heteroatoms. The van der Waals surface area contributed by atoms with Crippen LogP contribution < -0.4 is 9.80 Å². The maximum Gasteiger partial charge on any atom is 0.0468 e. The van der Waals surface area contributed by atoms with Crippen molar-refractivity contribution in [2.24, 2.45) is 0 Å². The van der Waals surface area contributed by atoms with Crippen LogP contribution >= 0.6 is 0 Å². The smallest absolute Gasteiger partial charge is 0.0468 e. The number of hydrogen-bond acceptors (Lipinski definition) is 2. The number of para-hydroxylation sites is 2. The van der Waals surface area contributed by atoms with Crippen molar-refractivity contribution in [1.82, 2.24) is 0 Å². The van der Waals surface area contributed by atoms with E-state index in [1.54, 1.807) is 0 Å². The maximum atomic E-state index is 2.34. The van der Waals surface area contributed by atoms with Gasteiger partial charge in [-0.05, 0) is 106 Å². The Morgan fingerprint density at radius 1 is 0.208 bits per heavy atom. The number of fused-ring (bicyclic) bond motifs is 1. The average molecular weight is 615 g/mol. The lowest BCUT2D eigenvalue weighted by Gasteiger charge is -2.27. The first-order valence-electron chi connectivity index (χ1n) is 16.4. The third kappa shape index (κ3) is 5.95. The highest BCUT2D eigenvalue weighted by atomic mass is 15.1. The number of hydrogen-bond donors (Lipinski definition) is 0. The predicted molar refractivity (Wildman–Crippen MR) is 204 cm³/mol. The van der Waals surface area contributed by atoms with Gasteiger partial charge < -0.3 is 9.80 Å². The van der Waals surface area contributed by atoms with Gasteiger partial charge in [0.1, 0.15) is 0 Å². The molecule has 0 heterocycles. The molecule has 0 atom stereocenters. The monoisotopic (exact) mass is 614 g/mol. The highest BCUT2D eigenvalue weighted by Gasteiger charge is 2.16. The van der Waals surface area contributed by atoms with Crippen molar-refractivity contribution in [2.45, 2.75) is 0 Å². The average Bonchev–Trinajstić information content (AvgIpc) is 3.17. The van der Waals surface area contributed by atoms with Gasteiger partial charge in [0, 0.05) is 34.1 Å². The Kier molecular flexibility index (Phi) is 7.96. The summed E-state index contributed by atoms with van der Waals surface area (Å²) in [6, 6.07) is 73.5. The molecule has 0 N–H and O–H groups in total. The fraction of sp³-hybridized carbons (Fsp3) is 0. The van der Waals surface area contributed by atoms with Gasteiger partial charge >= 0.3 is 0 Å². The third-order valence-electron chi connectivity index (χ3n) is 8.78. The molecule has 0 spiro atoms. The fourth-order valence-electron chi connectivity index (χ4n) is 6.46. The Hall–Kier alpha value is -6.38. The van der Waals surface area contributed by atoms with E-state index in [0.29, 0.717) is 0 Å². The minimum atomic E-state index is 1.11. The normalized spacial score (nSPS) is 10.9. The van der Waals surface area contributed by atoms with Crippen molar-refractivity contribution in [2.75, 3.05) is 9.80 Å². The molecule has 228 valence electrons. The number of nitrogens with zero attached hydrogens (tertiary/aromatic N) is 2. The summed E-state index contributed by atoms with van der Waals surface area (Å²) < 4.78 is 0. The van der Waals surface area contributed by atoms with Crippen LogP contribution in [0, 0.1) is 0 Å². The maximum absolute atomic E-state index is 2.34. The van der Waals surface area contributed by atoms with E-state index in [-0.39, 0.29) is 0 Å². The first-order valence-corrected chi connectivity index (χ1v) is 16.4. The number of rotatable bonds is 8. The van der Waals surface area contributed by atoms with Crippen LogP contribution in [0.2, 0.25) is 0 Å². The number of benzene rings is 8. The third-order valence-corrected chi connectivity index (χ3v) is 8.78. The van der Waals surface area contributed by atoms with Gasteiger partial charge in [-0.2, -0.15) is 0 Å². The standard InChI is InChI=1S/C46H34N2/c1-5-15-35(16-6-1)37-19-13-25-43(31-37)47(41-21-9-3-10-22-41)45-29-27-40-34-46(30-28-39(40)33-45)48(42-23-11-4-12-24-42)44-26-14-20-38(32-44)36-17-7-2-8-18-36/h1-34H. The summed E-state index contributed by atoms with van der Waals surface area (Å²) in [6.45, 7) is 0. The zero-order valence-corrected chi connectivity index (χ0v) is 26.5. The van der Waals surface area contributed by atoms with Crippen molar-refractivity contribution in [3.8, 4) is 22.3 Å². The van der Waals surface area contributed by atoms with Gasteiger partial charge in [-0.15, -0.1) is 0 Å². The van der Waals surface area contributed by atoms with Crippen molar-refractivity contribution in [3.05, 3.63) is 206 Å². The summed E-state index contributed by atoms with van der Waals surface area (Å²) >= 11 is 0. The Balaban J connectivity index is 1.21. The molecule has 0 fully saturated rings.